The third kappa shape index (κ3) is 12.0. The van der Waals surface area contributed by atoms with Gasteiger partial charge in [0.25, 0.3) is 0 Å². The highest BCUT2D eigenvalue weighted by Gasteiger charge is 2.63. The molecule has 15 nitrogen and oxygen atoms in total. The first kappa shape index (κ1) is 50.7. The number of hydrogen-bond donors (Lipinski definition) is 6. The van der Waals surface area contributed by atoms with E-state index in [1.54, 1.807) is 12.7 Å². The summed E-state index contributed by atoms with van der Waals surface area (Å²) in [6.45, 7) is 9.28. The molecule has 65 heavy (non-hydrogen) atoms. The van der Waals surface area contributed by atoms with Crippen LogP contribution in [0.25, 0.3) is 0 Å². The van der Waals surface area contributed by atoms with E-state index in [0.717, 1.165) is 56.3 Å². The molecular formula is C50H79NO14. The predicted octanol–water partition coefficient (Wildman–Crippen LogP) is 5.21. The van der Waals surface area contributed by atoms with Crippen molar-refractivity contribution in [3.05, 3.63) is 41.7 Å². The number of nitrogens with zero attached hydrogens (tertiary/aromatic N) is 1. The average molecular weight is 918 g/mol. The van der Waals surface area contributed by atoms with Gasteiger partial charge in [0.1, 0.15) is 12.7 Å². The fourth-order valence-corrected chi connectivity index (χ4v) is 12.8. The van der Waals surface area contributed by atoms with Gasteiger partial charge in [-0.05, 0) is 130 Å². The van der Waals surface area contributed by atoms with Crippen LogP contribution in [0.3, 0.4) is 0 Å². The van der Waals surface area contributed by atoms with Gasteiger partial charge in [-0.2, -0.15) is 0 Å². The molecule has 1 aromatic rings. The molecule has 4 aliphatic carbocycles. The summed E-state index contributed by atoms with van der Waals surface area (Å²) in [7, 11) is 1.62. The van der Waals surface area contributed by atoms with Crippen LogP contribution >= 0.6 is 0 Å². The number of pyridine rings is 1. The number of methoxy groups -OCH3 is 1. The fraction of sp³-hybridized carbons (Fsp3) is 0.840. The average Bonchev–Trinajstić information content (AvgIpc) is 3.96. The van der Waals surface area contributed by atoms with E-state index in [9.17, 15) is 30.3 Å². The standard InChI is InChI=1S/C32H52O6.C11H13NO5.C7H14O3/c1-19(17-33)4-6-22-15-28-29(36-22)16-27-25-7-5-20-12-23(37-30-14-21(35)13-24(18-34)38-30)8-10-31(20,2)26(25)9-11-32(27,28)3;13-8-5-10(14)17-9(8)6-16-11(15)7-1-3-12-4-2-7;1-5-6(8)3-4-7(9-2)10-5/h5,19,21-30,33-35H,4,6-18H2,1-3H3;1-4,8-10,13-14H,5-6H2;5-8H,3-4H2,1-2H3/t19-,21?,22?,23?,24?,25?,26?,27?,28?,29?,30?,31?,32?;8?,9-,10?;5-,6?,7?/m100/s1. The van der Waals surface area contributed by atoms with Gasteiger partial charge in [0.15, 0.2) is 18.9 Å². The first-order chi connectivity index (χ1) is 31.1. The number of aromatic nitrogens is 1. The Morgan fingerprint density at radius 1 is 0.862 bits per heavy atom. The summed E-state index contributed by atoms with van der Waals surface area (Å²) in [5.74, 6) is 2.87. The Bertz CT molecular complexity index is 1690. The molecule has 9 rings (SSSR count). The van der Waals surface area contributed by atoms with Crippen LogP contribution in [0.5, 0.6) is 0 Å². The topological polar surface area (TPSA) is 216 Å². The molecule has 0 aromatic carbocycles. The molecule has 0 radical (unpaired) electrons. The number of fused-ring (bicyclic) bond motifs is 7. The molecule has 3 saturated carbocycles. The SMILES string of the molecule is COC1CCC(O)[C@H](C)O1.C[C@@H](CO)CCC1CC2C(CC3C4CC=C5CC(OC6CC(O)CC(CO)O6)CCC5(C)C4CCC23C)O1.O=C(OC[C@@H]1OC(O)CC1O)c1ccncc1. The number of aliphatic hydroxyl groups excluding tert-OH is 6. The zero-order chi connectivity index (χ0) is 46.5. The molecule has 19 atom stereocenters. The van der Waals surface area contributed by atoms with Crippen LogP contribution in [0.1, 0.15) is 134 Å². The zero-order valence-electron chi connectivity index (χ0n) is 39.3. The van der Waals surface area contributed by atoms with E-state index >= 15 is 0 Å². The van der Waals surface area contributed by atoms with Crippen LogP contribution in [0.15, 0.2) is 36.2 Å². The quantitative estimate of drug-likeness (QED) is 0.124. The number of hydrogen-bond acceptors (Lipinski definition) is 15. The maximum Gasteiger partial charge on any atom is 0.338 e. The monoisotopic (exact) mass is 918 g/mol. The molecule has 1 aromatic heterocycles. The van der Waals surface area contributed by atoms with Crippen LogP contribution in [0.2, 0.25) is 0 Å². The van der Waals surface area contributed by atoms with E-state index in [0.29, 0.717) is 47.9 Å². The van der Waals surface area contributed by atoms with Crippen molar-refractivity contribution in [3.63, 3.8) is 0 Å². The van der Waals surface area contributed by atoms with Crippen molar-refractivity contribution < 1.29 is 68.6 Å². The number of esters is 1. The van der Waals surface area contributed by atoms with E-state index in [2.05, 4.69) is 31.8 Å². The Balaban J connectivity index is 0.000000191. The minimum Gasteiger partial charge on any atom is -0.459 e. The summed E-state index contributed by atoms with van der Waals surface area (Å²) in [5.41, 5.74) is 2.66. The van der Waals surface area contributed by atoms with Gasteiger partial charge in [0.2, 0.25) is 0 Å². The highest BCUT2D eigenvalue weighted by Crippen LogP contribution is 2.68. The Morgan fingerprint density at radius 3 is 2.34 bits per heavy atom. The predicted molar refractivity (Wildman–Crippen MR) is 238 cm³/mol. The van der Waals surface area contributed by atoms with E-state index in [1.807, 2.05) is 6.92 Å². The summed E-state index contributed by atoms with van der Waals surface area (Å²) >= 11 is 0. The van der Waals surface area contributed by atoms with Gasteiger partial charge >= 0.3 is 5.97 Å². The summed E-state index contributed by atoms with van der Waals surface area (Å²) in [6, 6.07) is 3.06. The molecule has 16 unspecified atom stereocenters. The van der Waals surface area contributed by atoms with E-state index in [1.165, 1.54) is 63.1 Å². The summed E-state index contributed by atoms with van der Waals surface area (Å²) in [4.78, 5) is 15.3. The maximum absolute atomic E-state index is 11.5. The van der Waals surface area contributed by atoms with Gasteiger partial charge in [-0.15, -0.1) is 0 Å². The van der Waals surface area contributed by atoms with Crippen molar-refractivity contribution in [2.45, 2.75) is 198 Å². The molecule has 8 aliphatic rings. The molecule has 5 heterocycles. The molecular weight excluding hydrogens is 839 g/mol. The lowest BCUT2D eigenvalue weighted by molar-refractivity contribution is -0.242. The molecule has 6 N–H and O–H groups in total. The Kier molecular flexibility index (Phi) is 17.6. The number of rotatable bonds is 11. The van der Waals surface area contributed by atoms with Gasteiger partial charge in [0, 0.05) is 51.8 Å². The lowest BCUT2D eigenvalue weighted by Gasteiger charge is -2.58. The number of carbonyl (C=O) groups excluding carboxylic acids is 1. The van der Waals surface area contributed by atoms with Gasteiger partial charge in [-0.1, -0.05) is 32.4 Å². The van der Waals surface area contributed by atoms with Crippen molar-refractivity contribution in [1.82, 2.24) is 4.98 Å². The molecule has 4 saturated heterocycles. The minimum atomic E-state index is -0.991. The van der Waals surface area contributed by atoms with Gasteiger partial charge < -0.3 is 63.8 Å². The van der Waals surface area contributed by atoms with Gasteiger partial charge in [0.05, 0.1) is 61.0 Å². The molecule has 7 fully saturated rings. The molecule has 15 heteroatoms. The molecule has 4 aliphatic heterocycles. The van der Waals surface area contributed by atoms with Gasteiger partial charge in [-0.3, -0.25) is 4.98 Å². The van der Waals surface area contributed by atoms with Crippen LogP contribution < -0.4 is 0 Å². The molecule has 0 amide bonds. The minimum absolute atomic E-state index is 0.0652. The van der Waals surface area contributed by atoms with Crippen LogP contribution in [0, 0.1) is 40.4 Å². The van der Waals surface area contributed by atoms with Crippen molar-refractivity contribution in [3.8, 4) is 0 Å². The van der Waals surface area contributed by atoms with E-state index < -0.39 is 36.9 Å². The largest absolute Gasteiger partial charge is 0.459 e. The molecule has 368 valence electrons. The van der Waals surface area contributed by atoms with Crippen molar-refractivity contribution >= 4 is 5.97 Å². The van der Waals surface area contributed by atoms with Crippen molar-refractivity contribution in [2.24, 2.45) is 40.4 Å². The lowest BCUT2D eigenvalue weighted by Crippen LogP contribution is -2.51. The Labute approximate surface area is 385 Å². The number of ether oxygens (including phenoxy) is 7. The highest BCUT2D eigenvalue weighted by molar-refractivity contribution is 5.89. The Hall–Kier alpha value is -2.12. The van der Waals surface area contributed by atoms with Crippen LogP contribution in [-0.2, 0) is 33.2 Å². The van der Waals surface area contributed by atoms with Crippen LogP contribution in [-0.4, -0.2) is 142 Å². The smallest absolute Gasteiger partial charge is 0.338 e. The number of allylic oxidation sites excluding steroid dienone is 1. The van der Waals surface area contributed by atoms with Crippen molar-refractivity contribution in [2.75, 3.05) is 26.9 Å². The fourth-order valence-electron chi connectivity index (χ4n) is 12.8. The van der Waals surface area contributed by atoms with Crippen LogP contribution in [0.4, 0.5) is 0 Å². The summed E-state index contributed by atoms with van der Waals surface area (Å²) < 4.78 is 39.2. The maximum atomic E-state index is 11.5. The highest BCUT2D eigenvalue weighted by atomic mass is 16.7. The van der Waals surface area contributed by atoms with Crippen molar-refractivity contribution in [1.29, 1.82) is 0 Å². The second-order valence-corrected chi connectivity index (χ2v) is 21.0. The normalized spacial score (nSPS) is 43.5. The second kappa shape index (κ2) is 22.5. The third-order valence-corrected chi connectivity index (χ3v) is 16.7. The first-order valence-corrected chi connectivity index (χ1v) is 24.6. The summed E-state index contributed by atoms with van der Waals surface area (Å²) in [5, 5.41) is 56.9. The van der Waals surface area contributed by atoms with E-state index in [4.69, 9.17) is 38.3 Å². The second-order valence-electron chi connectivity index (χ2n) is 21.0. The first-order valence-electron chi connectivity index (χ1n) is 24.6. The number of carbonyl (C=O) groups is 1. The Morgan fingerprint density at radius 2 is 1.65 bits per heavy atom. The van der Waals surface area contributed by atoms with E-state index in [-0.39, 0.29) is 62.4 Å². The number of aliphatic hydroxyl groups is 6. The molecule has 0 bridgehead atoms. The van der Waals surface area contributed by atoms with Gasteiger partial charge in [-0.25, -0.2) is 4.79 Å². The zero-order valence-corrected chi connectivity index (χ0v) is 39.3. The summed E-state index contributed by atoms with van der Waals surface area (Å²) in [6.07, 6.45) is 16.7. The lowest BCUT2D eigenvalue weighted by atomic mass is 9.47. The molecule has 0 spiro atoms. The third-order valence-electron chi connectivity index (χ3n) is 16.7.